The molecule has 9 heteroatoms. The van der Waals surface area contributed by atoms with Crippen LogP contribution in [0.25, 0.3) is 11.3 Å². The Kier molecular flexibility index (Phi) is 7.78. The number of nitrogens with two attached hydrogens (primary N) is 1. The lowest BCUT2D eigenvalue weighted by Gasteiger charge is -2.34. The third-order valence-corrected chi connectivity index (χ3v) is 5.98. The molecule has 1 aliphatic rings. The van der Waals surface area contributed by atoms with Crippen LogP contribution in [-0.2, 0) is 16.1 Å². The van der Waals surface area contributed by atoms with Gasteiger partial charge in [0.1, 0.15) is 0 Å². The molecule has 5 N–H and O–H groups in total. The zero-order chi connectivity index (χ0) is 23.4. The highest BCUT2D eigenvalue weighted by molar-refractivity contribution is 6.00. The first-order chi connectivity index (χ1) is 15.3. The third kappa shape index (κ3) is 4.91. The number of amides is 2. The number of carbonyl (C=O) groups is 2. The van der Waals surface area contributed by atoms with Crippen molar-refractivity contribution in [1.82, 2.24) is 20.0 Å². The quantitative estimate of drug-likeness (QED) is 0.471. The van der Waals surface area contributed by atoms with Crippen molar-refractivity contribution >= 4 is 11.8 Å². The Labute approximate surface area is 188 Å². The van der Waals surface area contributed by atoms with Gasteiger partial charge in [-0.05, 0) is 36.5 Å². The Morgan fingerprint density at radius 1 is 1.28 bits per heavy atom. The number of imide groups is 1. The number of benzene rings is 1. The van der Waals surface area contributed by atoms with Crippen LogP contribution < -0.4 is 11.1 Å². The average molecular weight is 444 g/mol. The standard InChI is InChI=1S/C23H33N5O4/c1-4-27-19(9-10-26-27)15-5-7-16(8-6-15)20(13-29)28(23(32)21(24)14(2)3)22(31)18-11-17(30)12-25-18/h5-10,14,17-18,20-21,25,29-30H,4,11-13,24H2,1-3H3/t17-,18+,20+,21+/m1/s1. The van der Waals surface area contributed by atoms with Crippen LogP contribution in [0.5, 0.6) is 0 Å². The van der Waals surface area contributed by atoms with E-state index >= 15 is 0 Å². The maximum absolute atomic E-state index is 13.3. The van der Waals surface area contributed by atoms with Gasteiger partial charge in [0.25, 0.3) is 0 Å². The zero-order valence-corrected chi connectivity index (χ0v) is 18.8. The van der Waals surface area contributed by atoms with Crippen LogP contribution in [0.4, 0.5) is 0 Å². The molecule has 2 aromatic rings. The number of aromatic nitrogens is 2. The Morgan fingerprint density at radius 3 is 2.50 bits per heavy atom. The molecule has 32 heavy (non-hydrogen) atoms. The second-order valence-corrected chi connectivity index (χ2v) is 8.52. The van der Waals surface area contributed by atoms with Crippen LogP contribution in [-0.4, -0.2) is 68.0 Å². The van der Waals surface area contributed by atoms with Crippen molar-refractivity contribution < 1.29 is 19.8 Å². The van der Waals surface area contributed by atoms with Gasteiger partial charge < -0.3 is 21.3 Å². The maximum atomic E-state index is 13.3. The molecule has 0 unspecified atom stereocenters. The van der Waals surface area contributed by atoms with Crippen molar-refractivity contribution in [3.8, 4) is 11.3 Å². The van der Waals surface area contributed by atoms with Gasteiger partial charge >= 0.3 is 0 Å². The number of β-amino-alcohol motifs (C(OH)–C–C–N with tert-alkyl or cyclic N) is 1. The number of aliphatic hydroxyl groups is 2. The lowest BCUT2D eigenvalue weighted by molar-refractivity contribution is -0.151. The highest BCUT2D eigenvalue weighted by Crippen LogP contribution is 2.27. The van der Waals surface area contributed by atoms with Crippen LogP contribution in [0.1, 0.15) is 38.8 Å². The van der Waals surface area contributed by atoms with Gasteiger partial charge in [-0.3, -0.25) is 19.2 Å². The topological polar surface area (TPSA) is 134 Å². The van der Waals surface area contributed by atoms with Crippen molar-refractivity contribution in [2.45, 2.75) is 58.0 Å². The summed E-state index contributed by atoms with van der Waals surface area (Å²) in [7, 11) is 0. The molecule has 1 aromatic carbocycles. The normalized spacial score (nSPS) is 20.3. The fraction of sp³-hybridized carbons (Fsp3) is 0.522. The Balaban J connectivity index is 1.94. The summed E-state index contributed by atoms with van der Waals surface area (Å²) < 4.78 is 1.87. The molecular weight excluding hydrogens is 410 g/mol. The van der Waals surface area contributed by atoms with E-state index < -0.39 is 42.7 Å². The molecule has 0 radical (unpaired) electrons. The van der Waals surface area contributed by atoms with Gasteiger partial charge in [-0.1, -0.05) is 38.1 Å². The van der Waals surface area contributed by atoms with Gasteiger partial charge in [0.15, 0.2) is 0 Å². The molecule has 0 bridgehead atoms. The monoisotopic (exact) mass is 443 g/mol. The molecule has 0 spiro atoms. The molecule has 174 valence electrons. The summed E-state index contributed by atoms with van der Waals surface area (Å²) in [6.45, 7) is 6.19. The highest BCUT2D eigenvalue weighted by atomic mass is 16.3. The first-order valence-electron chi connectivity index (χ1n) is 11.0. The van der Waals surface area contributed by atoms with E-state index in [0.717, 1.165) is 22.7 Å². The van der Waals surface area contributed by atoms with Crippen LogP contribution in [0.15, 0.2) is 36.5 Å². The van der Waals surface area contributed by atoms with E-state index in [2.05, 4.69) is 10.4 Å². The predicted molar refractivity (Wildman–Crippen MR) is 120 cm³/mol. The van der Waals surface area contributed by atoms with Crippen LogP contribution in [0.3, 0.4) is 0 Å². The number of hydrogen-bond donors (Lipinski definition) is 4. The number of nitrogens with one attached hydrogen (secondary N) is 1. The summed E-state index contributed by atoms with van der Waals surface area (Å²) in [5.74, 6) is -1.22. The summed E-state index contributed by atoms with van der Waals surface area (Å²) >= 11 is 0. The average Bonchev–Trinajstić information content (AvgIpc) is 3.45. The van der Waals surface area contributed by atoms with E-state index in [-0.39, 0.29) is 18.9 Å². The molecule has 0 aliphatic carbocycles. The minimum Gasteiger partial charge on any atom is -0.394 e. The summed E-state index contributed by atoms with van der Waals surface area (Å²) in [6.07, 6.45) is 1.28. The maximum Gasteiger partial charge on any atom is 0.247 e. The number of nitrogens with zero attached hydrogens (tertiary/aromatic N) is 3. The van der Waals surface area contributed by atoms with E-state index in [4.69, 9.17) is 5.73 Å². The van der Waals surface area contributed by atoms with Gasteiger partial charge in [-0.25, -0.2) is 0 Å². The van der Waals surface area contributed by atoms with E-state index in [0.29, 0.717) is 5.56 Å². The predicted octanol–water partition coefficient (Wildman–Crippen LogP) is 0.665. The Hall–Kier alpha value is -2.59. The minimum absolute atomic E-state index is 0.184. The van der Waals surface area contributed by atoms with Gasteiger partial charge in [-0.15, -0.1) is 0 Å². The molecule has 3 rings (SSSR count). The number of aliphatic hydroxyl groups excluding tert-OH is 2. The summed E-state index contributed by atoms with van der Waals surface area (Å²) in [4.78, 5) is 27.6. The van der Waals surface area contributed by atoms with Crippen LogP contribution >= 0.6 is 0 Å². The lowest BCUT2D eigenvalue weighted by Crippen LogP contribution is -2.55. The van der Waals surface area contributed by atoms with Crippen LogP contribution in [0, 0.1) is 5.92 Å². The minimum atomic E-state index is -0.891. The molecule has 2 heterocycles. The number of carbonyl (C=O) groups excluding carboxylic acids is 2. The molecule has 0 saturated carbocycles. The van der Waals surface area contributed by atoms with E-state index in [1.165, 1.54) is 0 Å². The Bertz CT molecular complexity index is 927. The number of rotatable bonds is 8. The fourth-order valence-electron chi connectivity index (χ4n) is 3.98. The van der Waals surface area contributed by atoms with Gasteiger partial charge in [0.05, 0.1) is 36.5 Å². The second-order valence-electron chi connectivity index (χ2n) is 8.52. The number of aryl methyl sites for hydroxylation is 1. The van der Waals surface area contributed by atoms with Crippen LogP contribution in [0.2, 0.25) is 0 Å². The first kappa shape index (κ1) is 24.1. The number of hydrogen-bond acceptors (Lipinski definition) is 7. The molecule has 4 atom stereocenters. The van der Waals surface area contributed by atoms with Crippen molar-refractivity contribution in [3.63, 3.8) is 0 Å². The van der Waals surface area contributed by atoms with E-state index in [9.17, 15) is 19.8 Å². The third-order valence-electron chi connectivity index (χ3n) is 5.98. The van der Waals surface area contributed by atoms with Gasteiger partial charge in [0.2, 0.25) is 11.8 Å². The smallest absolute Gasteiger partial charge is 0.247 e. The summed E-state index contributed by atoms with van der Waals surface area (Å²) in [5.41, 5.74) is 8.62. The van der Waals surface area contributed by atoms with E-state index in [1.54, 1.807) is 18.3 Å². The lowest BCUT2D eigenvalue weighted by atomic mass is 9.98. The SMILES string of the molecule is CCn1nccc1-c1ccc([C@H](CO)N(C(=O)[C@@H]2C[C@@H](O)CN2)C(=O)[C@@H](N)C(C)C)cc1. The summed E-state index contributed by atoms with van der Waals surface area (Å²) in [5, 5.41) is 27.3. The second kappa shape index (κ2) is 10.4. The van der Waals surface area contributed by atoms with Gasteiger partial charge in [0, 0.05) is 19.3 Å². The summed E-state index contributed by atoms with van der Waals surface area (Å²) in [6, 6.07) is 6.80. The van der Waals surface area contributed by atoms with Crippen molar-refractivity contribution in [2.75, 3.05) is 13.2 Å². The van der Waals surface area contributed by atoms with Crippen molar-refractivity contribution in [1.29, 1.82) is 0 Å². The van der Waals surface area contributed by atoms with Gasteiger partial charge in [-0.2, -0.15) is 5.10 Å². The molecule has 1 aromatic heterocycles. The Morgan fingerprint density at radius 2 is 1.97 bits per heavy atom. The molecule has 1 fully saturated rings. The van der Waals surface area contributed by atoms with Crippen molar-refractivity contribution in [3.05, 3.63) is 42.1 Å². The van der Waals surface area contributed by atoms with E-state index in [1.807, 2.05) is 43.7 Å². The largest absolute Gasteiger partial charge is 0.394 e. The molecule has 1 aliphatic heterocycles. The first-order valence-corrected chi connectivity index (χ1v) is 11.0. The molecule has 9 nitrogen and oxygen atoms in total. The molecule has 1 saturated heterocycles. The zero-order valence-electron chi connectivity index (χ0n) is 18.8. The van der Waals surface area contributed by atoms with Crippen molar-refractivity contribution in [2.24, 2.45) is 11.7 Å². The highest BCUT2D eigenvalue weighted by Gasteiger charge is 2.40. The molecular formula is C23H33N5O4. The molecule has 2 amide bonds. The fourth-order valence-corrected chi connectivity index (χ4v) is 3.98.